The van der Waals surface area contributed by atoms with Crippen molar-refractivity contribution in [2.75, 3.05) is 20.2 Å². The molecule has 12 heteroatoms. The second-order valence-corrected chi connectivity index (χ2v) is 12.3. The maximum absolute atomic E-state index is 13.4. The molecule has 2 saturated heterocycles. The van der Waals surface area contributed by atoms with Gasteiger partial charge in [0.05, 0.1) is 43.3 Å². The number of aromatic amines is 2. The number of carbonyl (C=O) groups excluding carboxylic acids is 3. The highest BCUT2D eigenvalue weighted by molar-refractivity contribution is 5.86. The number of hydrogen-bond donors (Lipinski definition) is 4. The predicted octanol–water partition coefficient (Wildman–Crippen LogP) is 5.82. The molecule has 4 aromatic rings. The number of hydrazine groups is 1. The molecule has 0 spiro atoms. The molecule has 12 nitrogen and oxygen atoms in total. The van der Waals surface area contributed by atoms with Gasteiger partial charge in [0.25, 0.3) is 0 Å². The fourth-order valence-corrected chi connectivity index (χ4v) is 6.00. The zero-order valence-corrected chi connectivity index (χ0v) is 28.0. The van der Waals surface area contributed by atoms with Crippen molar-refractivity contribution in [1.29, 1.82) is 0 Å². The van der Waals surface area contributed by atoms with Gasteiger partial charge in [0.15, 0.2) is 0 Å². The molecule has 2 aliphatic heterocycles. The summed E-state index contributed by atoms with van der Waals surface area (Å²) < 4.78 is 4.72. The van der Waals surface area contributed by atoms with E-state index in [2.05, 4.69) is 85.8 Å². The number of nitrogens with one attached hydrogen (secondary N) is 4. The monoisotopic (exact) mass is 652 g/mol. The Hall–Kier alpha value is -5.39. The van der Waals surface area contributed by atoms with E-state index in [1.165, 1.54) is 14.0 Å². The normalized spacial score (nSPS) is 16.4. The number of rotatable bonds is 8. The van der Waals surface area contributed by atoms with Gasteiger partial charge in [-0.2, -0.15) is 0 Å². The van der Waals surface area contributed by atoms with Crippen molar-refractivity contribution >= 4 is 17.9 Å². The molecule has 2 aromatic heterocycles. The lowest BCUT2D eigenvalue weighted by molar-refractivity contribution is -0.135. The lowest BCUT2D eigenvalue weighted by atomic mass is 10.0. The van der Waals surface area contributed by atoms with Crippen molar-refractivity contribution in [2.45, 2.75) is 58.5 Å². The molecule has 2 aliphatic rings. The Morgan fingerprint density at radius 1 is 0.938 bits per heavy atom. The molecule has 0 radical (unpaired) electrons. The van der Waals surface area contributed by atoms with Crippen LogP contribution in [0.15, 0.2) is 79.5 Å². The third kappa shape index (κ3) is 8.11. The fraction of sp³-hybridized carbons (Fsp3) is 0.361. The average molecular weight is 653 g/mol. The number of alkyl carbamates (subject to hydrolysis) is 1. The molecule has 0 saturated carbocycles. The summed E-state index contributed by atoms with van der Waals surface area (Å²) in [4.78, 5) is 52.8. The molecule has 0 bridgehead atoms. The molecule has 252 valence electrons. The number of ether oxygens (including phenoxy) is 1. The molecular formula is C36H44N8O4. The largest absolute Gasteiger partial charge is 0.453 e. The number of methoxy groups -OCH3 is 1. The number of benzene rings is 2. The van der Waals surface area contributed by atoms with Gasteiger partial charge < -0.3 is 24.9 Å². The Balaban J connectivity index is 0.000000387. The first-order valence-electron chi connectivity index (χ1n) is 16.3. The van der Waals surface area contributed by atoms with Gasteiger partial charge in [-0.15, -0.1) is 0 Å². The number of carbonyl (C=O) groups is 3. The number of likely N-dealkylation sites (tertiary alicyclic amines) is 1. The van der Waals surface area contributed by atoms with Crippen molar-refractivity contribution in [3.05, 3.63) is 85.4 Å². The number of amides is 3. The van der Waals surface area contributed by atoms with Crippen LogP contribution in [0.1, 0.15) is 58.3 Å². The van der Waals surface area contributed by atoms with Crippen LogP contribution in [-0.2, 0) is 14.3 Å². The number of hydrogen-bond acceptors (Lipinski definition) is 7. The molecule has 2 aromatic carbocycles. The summed E-state index contributed by atoms with van der Waals surface area (Å²) >= 11 is 0. The highest BCUT2D eigenvalue weighted by atomic mass is 16.5. The number of nitrogens with zero attached hydrogens (tertiary/aromatic N) is 4. The second-order valence-electron chi connectivity index (χ2n) is 12.3. The summed E-state index contributed by atoms with van der Waals surface area (Å²) in [6.07, 6.45) is 8.49. The van der Waals surface area contributed by atoms with Gasteiger partial charge in [-0.1, -0.05) is 69.0 Å². The molecule has 2 fully saturated rings. The molecule has 4 heterocycles. The second kappa shape index (κ2) is 15.5. The molecule has 3 amide bonds. The van der Waals surface area contributed by atoms with Crippen molar-refractivity contribution < 1.29 is 19.1 Å². The van der Waals surface area contributed by atoms with Gasteiger partial charge in [-0.3, -0.25) is 20.0 Å². The van der Waals surface area contributed by atoms with Crippen molar-refractivity contribution in [1.82, 2.24) is 40.6 Å². The van der Waals surface area contributed by atoms with Gasteiger partial charge in [0, 0.05) is 25.7 Å². The maximum Gasteiger partial charge on any atom is 0.407 e. The van der Waals surface area contributed by atoms with E-state index in [4.69, 9.17) is 4.74 Å². The minimum absolute atomic E-state index is 0.0250. The van der Waals surface area contributed by atoms with Crippen LogP contribution in [0, 0.1) is 5.92 Å². The Labute approximate surface area is 281 Å². The highest BCUT2D eigenvalue weighted by Gasteiger charge is 2.37. The lowest BCUT2D eigenvalue weighted by Gasteiger charge is -2.30. The van der Waals surface area contributed by atoms with Crippen LogP contribution in [0.25, 0.3) is 33.6 Å². The zero-order chi connectivity index (χ0) is 34.2. The van der Waals surface area contributed by atoms with Crippen molar-refractivity contribution in [3.63, 3.8) is 0 Å². The van der Waals surface area contributed by atoms with E-state index in [0.717, 1.165) is 77.4 Å². The minimum Gasteiger partial charge on any atom is -0.453 e. The SMILES string of the molecule is C=C1CCCN1NC(C)=O.COC(=O)NC(C(=O)N1CCCC1c1ncc(-c2ccc(-c3ccc(-c4cnc[nH]4)cc3)cc2)[nH]1)C(C)C. The van der Waals surface area contributed by atoms with Crippen LogP contribution in [0.2, 0.25) is 0 Å². The summed E-state index contributed by atoms with van der Waals surface area (Å²) in [6, 6.07) is 15.9. The Bertz CT molecular complexity index is 1700. The molecule has 4 N–H and O–H groups in total. The summed E-state index contributed by atoms with van der Waals surface area (Å²) in [6.45, 7) is 10.6. The summed E-state index contributed by atoms with van der Waals surface area (Å²) in [5.41, 5.74) is 9.94. The first-order chi connectivity index (χ1) is 23.1. The molecule has 6 rings (SSSR count). The average Bonchev–Trinajstić information content (AvgIpc) is 3.92. The summed E-state index contributed by atoms with van der Waals surface area (Å²) in [5, 5.41) is 4.50. The van der Waals surface area contributed by atoms with Crippen LogP contribution in [0.4, 0.5) is 4.79 Å². The Kier molecular flexibility index (Phi) is 10.9. The Morgan fingerprint density at radius 3 is 2.12 bits per heavy atom. The highest BCUT2D eigenvalue weighted by Crippen LogP contribution is 2.33. The van der Waals surface area contributed by atoms with Gasteiger partial charge in [-0.25, -0.2) is 14.8 Å². The van der Waals surface area contributed by atoms with Crippen LogP contribution >= 0.6 is 0 Å². The van der Waals surface area contributed by atoms with E-state index in [1.54, 1.807) is 6.33 Å². The van der Waals surface area contributed by atoms with Crippen molar-refractivity contribution in [2.24, 2.45) is 5.92 Å². The van der Waals surface area contributed by atoms with Gasteiger partial charge in [0.2, 0.25) is 11.8 Å². The minimum atomic E-state index is -0.654. The van der Waals surface area contributed by atoms with Gasteiger partial charge >= 0.3 is 6.09 Å². The Morgan fingerprint density at radius 2 is 1.58 bits per heavy atom. The van der Waals surface area contributed by atoms with E-state index < -0.39 is 12.1 Å². The quantitative estimate of drug-likeness (QED) is 0.187. The summed E-state index contributed by atoms with van der Waals surface area (Å²) in [7, 11) is 1.30. The zero-order valence-electron chi connectivity index (χ0n) is 28.0. The standard InChI is InChI=1S/C29H32N6O3.C7H12N2O/c1-18(2)26(34-29(37)38-3)28(36)35-14-4-5-25(35)27-31-16-24(33-27)22-12-8-20(9-13-22)19-6-10-21(11-7-19)23-15-30-17-32-23;1-6-4-3-5-9(6)8-7(2)10/h6-13,15-18,25-26H,4-5,14H2,1-3H3,(H,30,32)(H,31,33)(H,34,37);1,3-5H2,2H3,(H,8,10). The number of H-pyrrole nitrogens is 2. The molecule has 2 unspecified atom stereocenters. The van der Waals surface area contributed by atoms with Gasteiger partial charge in [0.1, 0.15) is 11.9 Å². The van der Waals surface area contributed by atoms with Crippen LogP contribution < -0.4 is 10.7 Å². The topological polar surface area (TPSA) is 148 Å². The lowest BCUT2D eigenvalue weighted by Crippen LogP contribution is -2.51. The van der Waals surface area contributed by atoms with E-state index in [0.29, 0.717) is 6.54 Å². The predicted molar refractivity (Wildman–Crippen MR) is 184 cm³/mol. The van der Waals surface area contributed by atoms with E-state index in [9.17, 15) is 14.4 Å². The van der Waals surface area contributed by atoms with E-state index >= 15 is 0 Å². The number of aromatic nitrogens is 4. The van der Waals surface area contributed by atoms with E-state index in [-0.39, 0.29) is 23.8 Å². The molecule has 0 aliphatic carbocycles. The van der Waals surface area contributed by atoms with Gasteiger partial charge in [-0.05, 0) is 53.9 Å². The third-order valence-corrected chi connectivity index (χ3v) is 8.58. The molecule has 2 atom stereocenters. The smallest absolute Gasteiger partial charge is 0.407 e. The van der Waals surface area contributed by atoms with Crippen LogP contribution in [0.5, 0.6) is 0 Å². The fourth-order valence-electron chi connectivity index (χ4n) is 6.00. The first-order valence-corrected chi connectivity index (χ1v) is 16.3. The summed E-state index contributed by atoms with van der Waals surface area (Å²) in [5.74, 6) is 0.539. The molecular weight excluding hydrogens is 608 g/mol. The van der Waals surface area contributed by atoms with Crippen LogP contribution in [0.3, 0.4) is 0 Å². The first kappa shape index (κ1) is 34.0. The van der Waals surface area contributed by atoms with Crippen molar-refractivity contribution in [3.8, 4) is 33.6 Å². The van der Waals surface area contributed by atoms with E-state index in [1.807, 2.05) is 36.1 Å². The van der Waals surface area contributed by atoms with Crippen LogP contribution in [-0.4, -0.2) is 74.0 Å². The third-order valence-electron chi connectivity index (χ3n) is 8.58. The number of allylic oxidation sites excluding steroid dienone is 1. The molecule has 48 heavy (non-hydrogen) atoms. The maximum atomic E-state index is 13.4. The number of imidazole rings is 2.